The number of carbonyl (C=O) groups is 1. The highest BCUT2D eigenvalue weighted by molar-refractivity contribution is 7.71. The van der Waals surface area contributed by atoms with E-state index in [0.29, 0.717) is 17.6 Å². The van der Waals surface area contributed by atoms with Crippen LogP contribution < -0.4 is 10.6 Å². The summed E-state index contributed by atoms with van der Waals surface area (Å²) in [6, 6.07) is 8.60. The predicted molar refractivity (Wildman–Crippen MR) is 89.2 cm³/mol. The van der Waals surface area contributed by atoms with E-state index in [1.165, 1.54) is 16.0 Å². The first-order valence-corrected chi connectivity index (χ1v) is 8.27. The van der Waals surface area contributed by atoms with Crippen molar-refractivity contribution in [1.82, 2.24) is 14.3 Å². The first kappa shape index (κ1) is 15.9. The van der Waals surface area contributed by atoms with Gasteiger partial charge >= 0.3 is 0 Å². The molecule has 0 saturated carbocycles. The van der Waals surface area contributed by atoms with Crippen molar-refractivity contribution < 1.29 is 9.69 Å². The van der Waals surface area contributed by atoms with Crippen molar-refractivity contribution in [3.63, 3.8) is 0 Å². The summed E-state index contributed by atoms with van der Waals surface area (Å²) in [5.74, 6) is 0.495. The van der Waals surface area contributed by atoms with Crippen molar-refractivity contribution in [3.8, 4) is 0 Å². The number of nitrogens with zero attached hydrogens (tertiary/aromatic N) is 3. The van der Waals surface area contributed by atoms with Crippen LogP contribution in [0.3, 0.4) is 0 Å². The third-order valence-corrected chi connectivity index (χ3v) is 4.89. The summed E-state index contributed by atoms with van der Waals surface area (Å²) in [4.78, 5) is 12.4. The Morgan fingerprint density at radius 3 is 2.87 bits per heavy atom. The van der Waals surface area contributed by atoms with Crippen molar-refractivity contribution in [1.29, 1.82) is 0 Å². The Balaban J connectivity index is 1.73. The largest absolute Gasteiger partial charge is 0.370 e. The number of nitrogens with one attached hydrogen (secondary N) is 1. The van der Waals surface area contributed by atoms with E-state index in [4.69, 9.17) is 18.0 Å². The highest BCUT2D eigenvalue weighted by Crippen LogP contribution is 2.10. The number of hydrogen-bond donors (Lipinski definition) is 2. The number of nitrogens with two attached hydrogens (primary N) is 1. The van der Waals surface area contributed by atoms with Crippen LogP contribution in [0.1, 0.15) is 23.4 Å². The molecule has 0 aliphatic carbocycles. The number of rotatable bonds is 5. The Kier molecular flexibility index (Phi) is 4.58. The standard InChI is InChI=1S/C16H21N5OS/c1-19-15(7-6-14(17)22)18-21(16(19)23)11-20-9-8-12-4-2-3-5-13(12)10-20/h2-5H,6-11H2,1H3,(H2,17,22)/p+1. The normalized spacial score (nSPS) is 17.0. The van der Waals surface area contributed by atoms with Crippen LogP contribution in [0.15, 0.2) is 24.3 Å². The second-order valence-corrected chi connectivity index (χ2v) is 6.44. The van der Waals surface area contributed by atoms with Gasteiger partial charge in [0.05, 0.1) is 6.54 Å². The summed E-state index contributed by atoms with van der Waals surface area (Å²) in [6.07, 6.45) is 1.91. The fraction of sp³-hybridized carbons (Fsp3) is 0.438. The molecule has 6 nitrogen and oxygen atoms in total. The number of fused-ring (bicyclic) bond motifs is 1. The summed E-state index contributed by atoms with van der Waals surface area (Å²) >= 11 is 5.47. The van der Waals surface area contributed by atoms with Crippen LogP contribution in [0.5, 0.6) is 0 Å². The maximum absolute atomic E-state index is 11.0. The summed E-state index contributed by atoms with van der Waals surface area (Å²) in [5.41, 5.74) is 8.07. The van der Waals surface area contributed by atoms with Gasteiger partial charge in [-0.25, -0.2) is 0 Å². The molecule has 0 fully saturated rings. The lowest BCUT2D eigenvalue weighted by molar-refractivity contribution is -0.939. The zero-order valence-electron chi connectivity index (χ0n) is 13.3. The average molecular weight is 332 g/mol. The predicted octanol–water partition coefficient (Wildman–Crippen LogP) is -0.0323. The van der Waals surface area contributed by atoms with Crippen molar-refractivity contribution in [2.75, 3.05) is 6.54 Å². The van der Waals surface area contributed by atoms with Gasteiger partial charge in [-0.3, -0.25) is 4.79 Å². The monoisotopic (exact) mass is 332 g/mol. The molecule has 0 spiro atoms. The molecule has 1 aromatic carbocycles. The van der Waals surface area contributed by atoms with Gasteiger partial charge in [-0.15, -0.1) is 0 Å². The van der Waals surface area contributed by atoms with Crippen LogP contribution in [-0.2, 0) is 37.9 Å². The lowest BCUT2D eigenvalue weighted by Gasteiger charge is -2.25. The number of aryl methyl sites for hydroxylation is 1. The third kappa shape index (κ3) is 3.51. The number of quaternary nitrogens is 1. The van der Waals surface area contributed by atoms with Crippen LogP contribution in [0, 0.1) is 4.77 Å². The number of carbonyl (C=O) groups excluding carboxylic acids is 1. The summed E-state index contributed by atoms with van der Waals surface area (Å²) in [6.45, 7) is 2.81. The minimum absolute atomic E-state index is 0.295. The van der Waals surface area contributed by atoms with Gasteiger partial charge in [0.15, 0.2) is 6.67 Å². The Morgan fingerprint density at radius 2 is 2.13 bits per heavy atom. The summed E-state index contributed by atoms with van der Waals surface area (Å²) in [5, 5.41) is 4.58. The molecular formula is C16H22N5OS+. The van der Waals surface area contributed by atoms with Gasteiger partial charge in [0, 0.05) is 31.9 Å². The molecule has 3 N–H and O–H groups in total. The number of amides is 1. The third-order valence-electron chi connectivity index (χ3n) is 4.41. The van der Waals surface area contributed by atoms with Gasteiger partial charge in [0.2, 0.25) is 10.7 Å². The lowest BCUT2D eigenvalue weighted by Crippen LogP contribution is -3.11. The molecule has 23 heavy (non-hydrogen) atoms. The average Bonchev–Trinajstić information content (AvgIpc) is 2.81. The van der Waals surface area contributed by atoms with E-state index in [2.05, 4.69) is 29.4 Å². The SMILES string of the molecule is Cn1c(CCC(N)=O)nn(C[NH+]2CCc3ccccc3C2)c1=S. The van der Waals surface area contributed by atoms with Crippen molar-refractivity contribution >= 4 is 18.1 Å². The molecule has 2 aromatic rings. The molecule has 7 heteroatoms. The van der Waals surface area contributed by atoms with Crippen molar-refractivity contribution in [3.05, 3.63) is 46.0 Å². The fourth-order valence-electron chi connectivity index (χ4n) is 3.08. The van der Waals surface area contributed by atoms with Gasteiger partial charge < -0.3 is 15.2 Å². The molecule has 1 unspecified atom stereocenters. The molecular weight excluding hydrogens is 310 g/mol. The van der Waals surface area contributed by atoms with Gasteiger partial charge in [-0.1, -0.05) is 24.3 Å². The summed E-state index contributed by atoms with van der Waals surface area (Å²) in [7, 11) is 1.89. The maximum Gasteiger partial charge on any atom is 0.217 e. The number of primary amides is 1. The highest BCUT2D eigenvalue weighted by atomic mass is 32.1. The van der Waals surface area contributed by atoms with Gasteiger partial charge in [0.1, 0.15) is 12.4 Å². The van der Waals surface area contributed by atoms with E-state index in [1.54, 1.807) is 0 Å². The Hall–Kier alpha value is -1.99. The van der Waals surface area contributed by atoms with E-state index in [1.807, 2.05) is 16.3 Å². The van der Waals surface area contributed by atoms with Gasteiger partial charge in [-0.2, -0.15) is 9.78 Å². The molecule has 0 bridgehead atoms. The van der Waals surface area contributed by atoms with Crippen molar-refractivity contribution in [2.45, 2.75) is 32.5 Å². The molecule has 0 saturated heterocycles. The molecule has 1 atom stereocenters. The Labute approximate surface area is 140 Å². The molecule has 2 heterocycles. The number of benzene rings is 1. The second kappa shape index (κ2) is 6.64. The summed E-state index contributed by atoms with van der Waals surface area (Å²) < 4.78 is 4.43. The molecule has 1 aliphatic rings. The van der Waals surface area contributed by atoms with Crippen LogP contribution in [0.25, 0.3) is 0 Å². The zero-order valence-corrected chi connectivity index (χ0v) is 14.1. The van der Waals surface area contributed by atoms with E-state index in [0.717, 1.165) is 32.0 Å². The van der Waals surface area contributed by atoms with Crippen molar-refractivity contribution in [2.24, 2.45) is 12.8 Å². The maximum atomic E-state index is 11.0. The molecule has 0 radical (unpaired) electrons. The lowest BCUT2D eigenvalue weighted by atomic mass is 10.0. The first-order valence-electron chi connectivity index (χ1n) is 7.86. The minimum atomic E-state index is -0.316. The highest BCUT2D eigenvalue weighted by Gasteiger charge is 2.20. The smallest absolute Gasteiger partial charge is 0.217 e. The molecule has 1 aliphatic heterocycles. The molecule has 1 amide bonds. The Bertz CT molecular complexity index is 779. The molecule has 1 aromatic heterocycles. The Morgan fingerprint density at radius 1 is 1.39 bits per heavy atom. The van der Waals surface area contributed by atoms with Crippen LogP contribution in [0.4, 0.5) is 0 Å². The van der Waals surface area contributed by atoms with Gasteiger partial charge in [0.25, 0.3) is 0 Å². The fourth-order valence-corrected chi connectivity index (χ4v) is 3.29. The number of aromatic nitrogens is 3. The topological polar surface area (TPSA) is 70.3 Å². The van der Waals surface area contributed by atoms with E-state index >= 15 is 0 Å². The number of hydrogen-bond acceptors (Lipinski definition) is 3. The molecule has 3 rings (SSSR count). The quantitative estimate of drug-likeness (QED) is 0.756. The first-order chi connectivity index (χ1) is 11.0. The molecule has 122 valence electrons. The van der Waals surface area contributed by atoms with E-state index in [9.17, 15) is 4.79 Å². The van der Waals surface area contributed by atoms with Crippen LogP contribution in [0.2, 0.25) is 0 Å². The second-order valence-electron chi connectivity index (χ2n) is 6.08. The van der Waals surface area contributed by atoms with E-state index in [-0.39, 0.29) is 5.91 Å². The van der Waals surface area contributed by atoms with Gasteiger partial charge in [-0.05, 0) is 17.8 Å². The van der Waals surface area contributed by atoms with Crippen LogP contribution >= 0.6 is 12.2 Å². The van der Waals surface area contributed by atoms with E-state index < -0.39 is 0 Å². The van der Waals surface area contributed by atoms with Crippen LogP contribution in [-0.4, -0.2) is 26.8 Å². The minimum Gasteiger partial charge on any atom is -0.370 e. The zero-order chi connectivity index (χ0) is 16.4.